The first-order valence-corrected chi connectivity index (χ1v) is 9.47. The quantitative estimate of drug-likeness (QED) is 0.370. The first-order chi connectivity index (χ1) is 14.1. The third-order valence-corrected chi connectivity index (χ3v) is 4.91. The van der Waals surface area contributed by atoms with Crippen molar-refractivity contribution >= 4 is 12.0 Å². The lowest BCUT2D eigenvalue weighted by molar-refractivity contribution is 0.0732. The van der Waals surface area contributed by atoms with Crippen molar-refractivity contribution in [2.75, 3.05) is 0 Å². The molecule has 0 radical (unpaired) electrons. The maximum atomic E-state index is 12.9. The molecule has 0 unspecified atom stereocenters. The van der Waals surface area contributed by atoms with Gasteiger partial charge in [0, 0.05) is 17.7 Å². The topological polar surface area (TPSA) is 105 Å². The molecule has 0 spiro atoms. The largest absolute Gasteiger partial charge is 0.507 e. The first-order valence-electron chi connectivity index (χ1n) is 9.47. The number of aromatic hydroxyl groups is 3. The minimum atomic E-state index is -0.842. The summed E-state index contributed by atoms with van der Waals surface area (Å²) in [6.45, 7) is 7.42. The Bertz CT molecular complexity index is 1140. The summed E-state index contributed by atoms with van der Waals surface area (Å²) in [6.07, 6.45) is 5.50. The summed E-state index contributed by atoms with van der Waals surface area (Å²) in [5.41, 5.74) is 0.679. The van der Waals surface area contributed by atoms with Crippen molar-refractivity contribution in [1.82, 2.24) is 0 Å². The highest BCUT2D eigenvalue weighted by atomic mass is 16.6. The predicted octanol–water partition coefficient (Wildman–Crippen LogP) is 4.82. The van der Waals surface area contributed by atoms with E-state index < -0.39 is 17.3 Å². The van der Waals surface area contributed by atoms with Crippen LogP contribution < -0.4 is 14.2 Å². The van der Waals surface area contributed by atoms with Gasteiger partial charge < -0.3 is 29.5 Å². The minimum Gasteiger partial charge on any atom is -0.507 e. The number of ether oxygens (including phenoxy) is 3. The van der Waals surface area contributed by atoms with Crippen LogP contribution in [0.25, 0.3) is 6.08 Å². The number of phenols is 3. The highest BCUT2D eigenvalue weighted by Crippen LogP contribution is 2.52. The van der Waals surface area contributed by atoms with Crippen molar-refractivity contribution in [3.63, 3.8) is 0 Å². The van der Waals surface area contributed by atoms with Gasteiger partial charge in [0.2, 0.25) is 0 Å². The van der Waals surface area contributed by atoms with E-state index in [1.54, 1.807) is 12.2 Å². The molecule has 2 heterocycles. The zero-order valence-electron chi connectivity index (χ0n) is 17.1. The zero-order chi connectivity index (χ0) is 21.8. The van der Waals surface area contributed by atoms with Gasteiger partial charge in [0.25, 0.3) is 0 Å². The molecule has 7 heteroatoms. The van der Waals surface area contributed by atoms with Crippen molar-refractivity contribution < 1.29 is 34.3 Å². The Morgan fingerprint density at radius 1 is 1.03 bits per heavy atom. The van der Waals surface area contributed by atoms with Gasteiger partial charge in [0.15, 0.2) is 23.0 Å². The molecular formula is C23H22O7. The van der Waals surface area contributed by atoms with E-state index in [2.05, 4.69) is 0 Å². The number of hydrogen-bond acceptors (Lipinski definition) is 7. The summed E-state index contributed by atoms with van der Waals surface area (Å²) in [4.78, 5) is 12.9. The molecule has 0 amide bonds. The second-order valence-corrected chi connectivity index (χ2v) is 8.08. The molecule has 2 aromatic rings. The van der Waals surface area contributed by atoms with Crippen LogP contribution in [0.5, 0.6) is 40.2 Å². The van der Waals surface area contributed by atoms with Crippen LogP contribution in [-0.4, -0.2) is 26.9 Å². The summed E-state index contributed by atoms with van der Waals surface area (Å²) in [6, 6.07) is 2.53. The van der Waals surface area contributed by atoms with Gasteiger partial charge >= 0.3 is 5.97 Å². The molecule has 2 aliphatic rings. The van der Waals surface area contributed by atoms with E-state index >= 15 is 0 Å². The number of benzene rings is 2. The van der Waals surface area contributed by atoms with Crippen molar-refractivity contribution in [2.45, 2.75) is 39.7 Å². The Morgan fingerprint density at radius 2 is 1.73 bits per heavy atom. The Morgan fingerprint density at radius 3 is 2.43 bits per heavy atom. The maximum absolute atomic E-state index is 12.9. The molecule has 7 nitrogen and oxygen atoms in total. The Balaban J connectivity index is 1.86. The third kappa shape index (κ3) is 3.22. The minimum absolute atomic E-state index is 0.0560. The van der Waals surface area contributed by atoms with Crippen LogP contribution in [0.2, 0.25) is 0 Å². The van der Waals surface area contributed by atoms with E-state index in [-0.39, 0.29) is 52.0 Å². The van der Waals surface area contributed by atoms with Crippen molar-refractivity contribution in [3.8, 4) is 40.2 Å². The van der Waals surface area contributed by atoms with E-state index in [1.807, 2.05) is 33.8 Å². The van der Waals surface area contributed by atoms with Gasteiger partial charge in [-0.05, 0) is 46.3 Å². The molecule has 0 fully saturated rings. The van der Waals surface area contributed by atoms with E-state index in [9.17, 15) is 20.1 Å². The second-order valence-electron chi connectivity index (χ2n) is 8.08. The standard InChI is InChI=1S/C23H22O7/c1-11(2)5-6-12-14(24)9-16-18(19(12)26)22(27)29-21-13-7-8-23(3,4)30-20(13)15(25)10-17(21)28-16/h5,7-10,24-26H,6H2,1-4H3. The summed E-state index contributed by atoms with van der Waals surface area (Å²) in [5, 5.41) is 31.5. The molecule has 0 atom stereocenters. The lowest BCUT2D eigenvalue weighted by Gasteiger charge is -2.29. The molecular weight excluding hydrogens is 388 g/mol. The summed E-state index contributed by atoms with van der Waals surface area (Å²) in [7, 11) is 0. The number of hydrogen-bond donors (Lipinski definition) is 3. The lowest BCUT2D eigenvalue weighted by atomic mass is 10.0. The smallest absolute Gasteiger partial charge is 0.351 e. The number of fused-ring (bicyclic) bond motifs is 4. The Hall–Kier alpha value is -3.61. The molecule has 0 aliphatic carbocycles. The molecule has 30 heavy (non-hydrogen) atoms. The first kappa shape index (κ1) is 19.7. The highest BCUT2D eigenvalue weighted by molar-refractivity contribution is 6.00. The van der Waals surface area contributed by atoms with Crippen LogP contribution in [0.4, 0.5) is 0 Å². The fourth-order valence-electron chi connectivity index (χ4n) is 3.37. The average molecular weight is 410 g/mol. The summed E-state index contributed by atoms with van der Waals surface area (Å²) < 4.78 is 17.1. The molecule has 0 aromatic heterocycles. The Labute approximate surface area is 173 Å². The molecule has 3 N–H and O–H groups in total. The van der Waals surface area contributed by atoms with E-state index in [0.717, 1.165) is 5.57 Å². The van der Waals surface area contributed by atoms with E-state index in [1.165, 1.54) is 12.1 Å². The molecule has 156 valence electrons. The average Bonchev–Trinajstić information content (AvgIpc) is 2.76. The van der Waals surface area contributed by atoms with E-state index in [4.69, 9.17) is 14.2 Å². The van der Waals surface area contributed by atoms with Gasteiger partial charge in [0.05, 0.1) is 5.56 Å². The number of allylic oxidation sites excluding steroid dienone is 2. The third-order valence-electron chi connectivity index (χ3n) is 4.91. The maximum Gasteiger partial charge on any atom is 0.351 e. The van der Waals surface area contributed by atoms with Gasteiger partial charge in [0.1, 0.15) is 28.4 Å². The van der Waals surface area contributed by atoms with Gasteiger partial charge in [-0.25, -0.2) is 4.79 Å². The number of rotatable bonds is 2. The lowest BCUT2D eigenvalue weighted by Crippen LogP contribution is -2.27. The van der Waals surface area contributed by atoms with Crippen LogP contribution >= 0.6 is 0 Å². The second kappa shape index (κ2) is 6.73. The summed E-state index contributed by atoms with van der Waals surface area (Å²) in [5.74, 6) is -1.45. The van der Waals surface area contributed by atoms with E-state index in [0.29, 0.717) is 5.56 Å². The normalized spacial score (nSPS) is 15.5. The van der Waals surface area contributed by atoms with Gasteiger partial charge in [-0.15, -0.1) is 0 Å². The van der Waals surface area contributed by atoms with Gasteiger partial charge in [-0.3, -0.25) is 0 Å². The molecule has 0 saturated carbocycles. The van der Waals surface area contributed by atoms with Crippen LogP contribution in [-0.2, 0) is 6.42 Å². The van der Waals surface area contributed by atoms with Crippen molar-refractivity contribution in [1.29, 1.82) is 0 Å². The van der Waals surface area contributed by atoms with Crippen molar-refractivity contribution in [3.05, 3.63) is 46.5 Å². The Kier molecular flexibility index (Phi) is 4.42. The number of carbonyl (C=O) groups excluding carboxylic acids is 1. The highest BCUT2D eigenvalue weighted by Gasteiger charge is 2.35. The van der Waals surface area contributed by atoms with Crippen LogP contribution in [0.1, 0.15) is 49.2 Å². The predicted molar refractivity (Wildman–Crippen MR) is 110 cm³/mol. The monoisotopic (exact) mass is 410 g/mol. The molecule has 4 rings (SSSR count). The molecule has 2 aromatic carbocycles. The number of esters is 1. The fourth-order valence-corrected chi connectivity index (χ4v) is 3.37. The molecule has 0 saturated heterocycles. The van der Waals surface area contributed by atoms with Gasteiger partial charge in [-0.2, -0.15) is 0 Å². The summed E-state index contributed by atoms with van der Waals surface area (Å²) >= 11 is 0. The van der Waals surface area contributed by atoms with Crippen LogP contribution in [0.3, 0.4) is 0 Å². The van der Waals surface area contributed by atoms with Crippen LogP contribution in [0.15, 0.2) is 29.9 Å². The zero-order valence-corrected chi connectivity index (χ0v) is 17.1. The SMILES string of the molecule is CC(C)=CCc1c(O)cc2c(c1O)C(=O)Oc1c(cc(O)c3c1C=CC(C)(C)O3)O2. The number of carbonyl (C=O) groups is 1. The van der Waals surface area contributed by atoms with Gasteiger partial charge in [-0.1, -0.05) is 11.6 Å². The van der Waals surface area contributed by atoms with Crippen LogP contribution in [0, 0.1) is 0 Å². The van der Waals surface area contributed by atoms with Crippen molar-refractivity contribution in [2.24, 2.45) is 0 Å². The fraction of sp³-hybridized carbons (Fsp3) is 0.261. The number of phenolic OH excluding ortho intramolecular Hbond substituents is 3. The molecule has 0 bridgehead atoms. The molecule has 2 aliphatic heterocycles.